The minimum Gasteiger partial charge on any atom is -0.493 e. The normalized spacial score (nSPS) is 15.9. The molecule has 1 saturated heterocycles. The zero-order valence-electron chi connectivity index (χ0n) is 21.4. The van der Waals surface area contributed by atoms with Crippen LogP contribution in [0.3, 0.4) is 0 Å². The van der Waals surface area contributed by atoms with Crippen molar-refractivity contribution < 1.29 is 19.4 Å². The summed E-state index contributed by atoms with van der Waals surface area (Å²) in [5.74, 6) is 0.140. The van der Waals surface area contributed by atoms with E-state index in [0.717, 1.165) is 55.5 Å². The summed E-state index contributed by atoms with van der Waals surface area (Å²) >= 11 is 0. The number of benzene rings is 2. The molecule has 0 aliphatic carbocycles. The van der Waals surface area contributed by atoms with E-state index >= 15 is 0 Å². The van der Waals surface area contributed by atoms with E-state index in [0.29, 0.717) is 6.42 Å². The van der Waals surface area contributed by atoms with E-state index < -0.39 is 5.97 Å². The van der Waals surface area contributed by atoms with Gasteiger partial charge in [-0.1, -0.05) is 50.5 Å². The fourth-order valence-electron chi connectivity index (χ4n) is 4.90. The summed E-state index contributed by atoms with van der Waals surface area (Å²) in [4.78, 5) is 25.7. The third-order valence-electron chi connectivity index (χ3n) is 6.92. The second kappa shape index (κ2) is 13.9. The Hall–Kier alpha value is -2.82. The first-order valence-electron chi connectivity index (χ1n) is 13.3. The van der Waals surface area contributed by atoms with Crippen LogP contribution in [0.15, 0.2) is 42.5 Å². The van der Waals surface area contributed by atoms with Crippen molar-refractivity contribution in [3.05, 3.63) is 59.2 Å². The number of rotatable bonds is 14. The Morgan fingerprint density at radius 1 is 1.03 bits per heavy atom. The largest absolute Gasteiger partial charge is 0.493 e. The second-order valence-corrected chi connectivity index (χ2v) is 9.77. The van der Waals surface area contributed by atoms with Crippen molar-refractivity contribution in [2.75, 3.05) is 11.5 Å². The topological polar surface area (TPSA) is 66.8 Å². The minimum absolute atomic E-state index is 0.00491. The molecule has 35 heavy (non-hydrogen) atoms. The molecule has 0 radical (unpaired) electrons. The molecule has 1 atom stereocenters. The smallest absolute Gasteiger partial charge is 0.306 e. The van der Waals surface area contributed by atoms with Gasteiger partial charge < -0.3 is 14.7 Å². The molecule has 1 unspecified atom stereocenters. The highest BCUT2D eigenvalue weighted by Gasteiger charge is 2.28. The van der Waals surface area contributed by atoms with Gasteiger partial charge in [0, 0.05) is 18.2 Å². The van der Waals surface area contributed by atoms with Crippen LogP contribution >= 0.6 is 0 Å². The maximum absolute atomic E-state index is 12.9. The van der Waals surface area contributed by atoms with Gasteiger partial charge in [0.05, 0.1) is 13.0 Å². The van der Waals surface area contributed by atoms with Crippen molar-refractivity contribution in [1.29, 1.82) is 0 Å². The summed E-state index contributed by atoms with van der Waals surface area (Å²) in [6.45, 7) is 4.39. The fourth-order valence-corrected chi connectivity index (χ4v) is 4.90. The number of carbonyl (C=O) groups is 2. The number of ether oxygens (including phenoxy) is 1. The van der Waals surface area contributed by atoms with Crippen molar-refractivity contribution >= 4 is 17.6 Å². The summed E-state index contributed by atoms with van der Waals surface area (Å²) in [5, 5.41) is 8.84. The number of anilines is 1. The number of piperidine rings is 1. The Labute approximate surface area is 210 Å². The van der Waals surface area contributed by atoms with Gasteiger partial charge in [0.2, 0.25) is 5.91 Å². The lowest BCUT2D eigenvalue weighted by atomic mass is 9.94. The van der Waals surface area contributed by atoms with Crippen LogP contribution in [0.5, 0.6) is 5.75 Å². The quantitative estimate of drug-likeness (QED) is 0.300. The number of hydrogen-bond acceptors (Lipinski definition) is 3. The van der Waals surface area contributed by atoms with Crippen molar-refractivity contribution in [2.24, 2.45) is 0 Å². The van der Waals surface area contributed by atoms with E-state index in [-0.39, 0.29) is 25.0 Å². The van der Waals surface area contributed by atoms with Crippen LogP contribution in [-0.2, 0) is 22.4 Å². The predicted molar refractivity (Wildman–Crippen MR) is 141 cm³/mol. The average molecular weight is 480 g/mol. The van der Waals surface area contributed by atoms with Crippen molar-refractivity contribution in [3.63, 3.8) is 0 Å². The zero-order valence-corrected chi connectivity index (χ0v) is 21.4. The van der Waals surface area contributed by atoms with E-state index in [9.17, 15) is 9.59 Å². The van der Waals surface area contributed by atoms with Crippen LogP contribution in [0.25, 0.3) is 0 Å². The summed E-state index contributed by atoms with van der Waals surface area (Å²) < 4.78 is 5.69. The van der Waals surface area contributed by atoms with Crippen LogP contribution < -0.4 is 9.64 Å². The van der Waals surface area contributed by atoms with Gasteiger partial charge in [-0.15, -0.1) is 0 Å². The first kappa shape index (κ1) is 26.8. The minimum atomic E-state index is -0.855. The number of unbranched alkanes of at least 4 members (excludes halogenated alkanes) is 3. The Morgan fingerprint density at radius 3 is 2.51 bits per heavy atom. The van der Waals surface area contributed by atoms with Crippen LogP contribution in [-0.4, -0.2) is 29.6 Å². The van der Waals surface area contributed by atoms with Crippen LogP contribution in [0.4, 0.5) is 5.69 Å². The maximum atomic E-state index is 12.9. The van der Waals surface area contributed by atoms with Gasteiger partial charge in [-0.2, -0.15) is 0 Å². The molecule has 0 saturated carbocycles. The van der Waals surface area contributed by atoms with Crippen LogP contribution in [0.1, 0.15) is 87.8 Å². The Morgan fingerprint density at radius 2 is 1.77 bits per heavy atom. The predicted octanol–water partition coefficient (Wildman–Crippen LogP) is 6.88. The number of carboxylic acid groups (broad SMARTS) is 1. The van der Waals surface area contributed by atoms with Crippen molar-refractivity contribution in [2.45, 2.75) is 96.9 Å². The maximum Gasteiger partial charge on any atom is 0.306 e. The lowest BCUT2D eigenvalue weighted by molar-refractivity contribution is -0.137. The highest BCUT2D eigenvalue weighted by molar-refractivity contribution is 5.94. The third kappa shape index (κ3) is 8.41. The Balaban J connectivity index is 1.56. The molecule has 2 aromatic rings. The molecule has 0 bridgehead atoms. The number of amides is 1. The Bertz CT molecular complexity index is 953. The number of carbonyl (C=O) groups excluding carboxylic acids is 1. The summed E-state index contributed by atoms with van der Waals surface area (Å²) in [6.07, 6.45) is 11.7. The van der Waals surface area contributed by atoms with E-state index in [1.54, 1.807) is 0 Å². The fraction of sp³-hybridized carbons (Fsp3) is 0.533. The van der Waals surface area contributed by atoms with Crippen LogP contribution in [0.2, 0.25) is 0 Å². The molecule has 190 valence electrons. The first-order valence-corrected chi connectivity index (χ1v) is 13.3. The molecular formula is C30H41NO4. The third-order valence-corrected chi connectivity index (χ3v) is 6.92. The van der Waals surface area contributed by atoms with Gasteiger partial charge in [-0.05, 0) is 86.8 Å². The summed E-state index contributed by atoms with van der Waals surface area (Å²) in [7, 11) is 0. The highest BCUT2D eigenvalue weighted by Crippen LogP contribution is 2.30. The van der Waals surface area contributed by atoms with Gasteiger partial charge in [-0.3, -0.25) is 9.59 Å². The number of aliphatic carboxylic acids is 1. The lowest BCUT2D eigenvalue weighted by Crippen LogP contribution is -2.43. The molecule has 1 fully saturated rings. The number of carboxylic acids is 1. The van der Waals surface area contributed by atoms with Crippen LogP contribution in [0, 0.1) is 6.92 Å². The van der Waals surface area contributed by atoms with Gasteiger partial charge in [-0.25, -0.2) is 0 Å². The molecule has 1 amide bonds. The highest BCUT2D eigenvalue weighted by atomic mass is 16.5. The van der Waals surface area contributed by atoms with E-state index in [4.69, 9.17) is 9.84 Å². The molecule has 0 aromatic heterocycles. The number of hydrogen-bond donors (Lipinski definition) is 1. The monoisotopic (exact) mass is 479 g/mol. The van der Waals surface area contributed by atoms with Gasteiger partial charge in [0.25, 0.3) is 0 Å². The molecule has 1 aliphatic heterocycles. The Kier molecular flexibility index (Phi) is 10.6. The summed E-state index contributed by atoms with van der Waals surface area (Å²) in [5.41, 5.74) is 4.58. The van der Waals surface area contributed by atoms with Crippen molar-refractivity contribution in [1.82, 2.24) is 0 Å². The molecule has 5 nitrogen and oxygen atoms in total. The number of aryl methyl sites for hydroxylation is 3. The second-order valence-electron chi connectivity index (χ2n) is 9.77. The molecule has 5 heteroatoms. The van der Waals surface area contributed by atoms with E-state index in [1.807, 2.05) is 24.0 Å². The van der Waals surface area contributed by atoms with E-state index in [1.165, 1.54) is 36.8 Å². The standard InChI is InChI=1S/C30H41NO4/c1-3-4-5-6-9-24-16-18-27(19-17-24)31-26(12-8-13-29(31)32)11-7-10-25-15-14-23(2)28(22-25)35-21-20-30(33)34/h14-19,22,26H,3-13,20-21H2,1-2H3,(H,33,34). The lowest BCUT2D eigenvalue weighted by Gasteiger charge is -2.36. The van der Waals surface area contributed by atoms with Gasteiger partial charge >= 0.3 is 5.97 Å². The van der Waals surface area contributed by atoms with E-state index in [2.05, 4.69) is 37.3 Å². The number of nitrogens with zero attached hydrogens (tertiary/aromatic N) is 1. The van der Waals surface area contributed by atoms with Gasteiger partial charge in [0.15, 0.2) is 0 Å². The summed E-state index contributed by atoms with van der Waals surface area (Å²) in [6, 6.07) is 15.1. The molecule has 1 aliphatic rings. The van der Waals surface area contributed by atoms with Gasteiger partial charge in [0.1, 0.15) is 5.75 Å². The SMILES string of the molecule is CCCCCCc1ccc(N2C(=O)CCCC2CCCc2ccc(C)c(OCCC(=O)O)c2)cc1. The molecule has 1 heterocycles. The molecular weight excluding hydrogens is 438 g/mol. The average Bonchev–Trinajstić information content (AvgIpc) is 2.84. The molecule has 0 spiro atoms. The molecule has 2 aromatic carbocycles. The zero-order chi connectivity index (χ0) is 25.0. The molecule has 1 N–H and O–H groups in total. The van der Waals surface area contributed by atoms with Crippen molar-refractivity contribution in [3.8, 4) is 5.75 Å². The molecule has 3 rings (SSSR count). The first-order chi connectivity index (χ1) is 17.0.